The molecule has 4 heteroatoms. The van der Waals surface area contributed by atoms with Gasteiger partial charge in [-0.2, -0.15) is 0 Å². The molecular weight excluding hydrogens is 204 g/mol. The number of hydrogen-bond donors (Lipinski definition) is 2. The second kappa shape index (κ2) is 5.45. The predicted octanol–water partition coefficient (Wildman–Crippen LogP) is 0.0660. The van der Waals surface area contributed by atoms with Gasteiger partial charge < -0.3 is 20.1 Å². The van der Waals surface area contributed by atoms with Gasteiger partial charge in [-0.1, -0.05) is 0 Å². The van der Waals surface area contributed by atoms with Crippen LogP contribution in [0.5, 0.6) is 0 Å². The van der Waals surface area contributed by atoms with Gasteiger partial charge in [0.2, 0.25) is 0 Å². The lowest BCUT2D eigenvalue weighted by Gasteiger charge is -2.21. The highest BCUT2D eigenvalue weighted by molar-refractivity contribution is 4.84. The summed E-state index contributed by atoms with van der Waals surface area (Å²) in [6.07, 6.45) is 0.956. The van der Waals surface area contributed by atoms with Crippen LogP contribution in [0.3, 0.4) is 0 Å². The van der Waals surface area contributed by atoms with Crippen molar-refractivity contribution in [3.8, 4) is 0 Å². The van der Waals surface area contributed by atoms with Crippen LogP contribution in [0.1, 0.15) is 20.3 Å². The van der Waals surface area contributed by atoms with E-state index in [2.05, 4.69) is 24.1 Å². The molecule has 2 aliphatic heterocycles. The lowest BCUT2D eigenvalue weighted by Crippen LogP contribution is -2.41. The number of aliphatic hydroxyl groups is 1. The van der Waals surface area contributed by atoms with Gasteiger partial charge in [0.25, 0.3) is 0 Å². The van der Waals surface area contributed by atoms with Gasteiger partial charge in [-0.05, 0) is 39.3 Å². The fourth-order valence-electron chi connectivity index (χ4n) is 2.55. The standard InChI is InChI=1S/C12H24N2O2/c1-9(2)14-4-3-10(6-14)5-13-11-7-16-8-12(11)15/h9-13,15H,3-8H2,1-2H3. The van der Waals surface area contributed by atoms with Crippen LogP contribution in [0.15, 0.2) is 0 Å². The first-order chi connectivity index (χ1) is 7.66. The number of hydrogen-bond acceptors (Lipinski definition) is 4. The van der Waals surface area contributed by atoms with Gasteiger partial charge in [0.05, 0.1) is 25.4 Å². The van der Waals surface area contributed by atoms with Crippen molar-refractivity contribution >= 4 is 0 Å². The van der Waals surface area contributed by atoms with E-state index in [1.807, 2.05) is 0 Å². The van der Waals surface area contributed by atoms with E-state index >= 15 is 0 Å². The molecule has 0 aromatic rings. The average Bonchev–Trinajstić information content (AvgIpc) is 2.83. The second-order valence-corrected chi connectivity index (χ2v) is 5.36. The van der Waals surface area contributed by atoms with E-state index in [1.54, 1.807) is 0 Å². The Morgan fingerprint density at radius 1 is 1.44 bits per heavy atom. The molecule has 0 aromatic heterocycles. The summed E-state index contributed by atoms with van der Waals surface area (Å²) in [5.74, 6) is 0.732. The topological polar surface area (TPSA) is 44.7 Å². The summed E-state index contributed by atoms with van der Waals surface area (Å²) >= 11 is 0. The Morgan fingerprint density at radius 2 is 2.25 bits per heavy atom. The van der Waals surface area contributed by atoms with Gasteiger partial charge >= 0.3 is 0 Å². The molecule has 2 aliphatic rings. The lowest BCUT2D eigenvalue weighted by atomic mass is 10.1. The molecule has 4 nitrogen and oxygen atoms in total. The first-order valence-electron chi connectivity index (χ1n) is 6.40. The van der Waals surface area contributed by atoms with E-state index in [1.165, 1.54) is 19.5 Å². The van der Waals surface area contributed by atoms with Crippen LogP contribution in [0.2, 0.25) is 0 Å². The summed E-state index contributed by atoms with van der Waals surface area (Å²) < 4.78 is 5.22. The van der Waals surface area contributed by atoms with Gasteiger partial charge in [0, 0.05) is 12.6 Å². The maximum Gasteiger partial charge on any atom is 0.0948 e. The molecule has 0 saturated carbocycles. The number of nitrogens with zero attached hydrogens (tertiary/aromatic N) is 1. The second-order valence-electron chi connectivity index (χ2n) is 5.36. The third-order valence-corrected chi connectivity index (χ3v) is 3.77. The van der Waals surface area contributed by atoms with E-state index in [-0.39, 0.29) is 12.1 Å². The van der Waals surface area contributed by atoms with Crippen LogP contribution < -0.4 is 5.32 Å². The fourth-order valence-corrected chi connectivity index (χ4v) is 2.55. The molecule has 0 radical (unpaired) electrons. The quantitative estimate of drug-likeness (QED) is 0.714. The summed E-state index contributed by atoms with van der Waals surface area (Å²) in [6.45, 7) is 9.06. The summed E-state index contributed by atoms with van der Waals surface area (Å²) in [4.78, 5) is 2.52. The monoisotopic (exact) mass is 228 g/mol. The molecule has 3 unspecified atom stereocenters. The smallest absolute Gasteiger partial charge is 0.0948 e. The summed E-state index contributed by atoms with van der Waals surface area (Å²) in [5.41, 5.74) is 0. The third kappa shape index (κ3) is 2.94. The SMILES string of the molecule is CC(C)N1CCC(CNC2COCC2O)C1. The van der Waals surface area contributed by atoms with Gasteiger partial charge in [0.1, 0.15) is 0 Å². The normalized spacial score (nSPS) is 36.4. The molecule has 2 rings (SSSR count). The first-order valence-corrected chi connectivity index (χ1v) is 6.40. The lowest BCUT2D eigenvalue weighted by molar-refractivity contribution is 0.122. The highest BCUT2D eigenvalue weighted by atomic mass is 16.5. The molecule has 0 aromatic carbocycles. The minimum Gasteiger partial charge on any atom is -0.389 e. The van der Waals surface area contributed by atoms with Crippen LogP contribution >= 0.6 is 0 Å². The average molecular weight is 228 g/mol. The predicted molar refractivity (Wildman–Crippen MR) is 63.4 cm³/mol. The molecule has 2 N–H and O–H groups in total. The fraction of sp³-hybridized carbons (Fsp3) is 1.00. The molecule has 3 atom stereocenters. The van der Waals surface area contributed by atoms with E-state index < -0.39 is 0 Å². The minimum atomic E-state index is -0.317. The van der Waals surface area contributed by atoms with Crippen LogP contribution in [0.4, 0.5) is 0 Å². The molecule has 0 spiro atoms. The number of likely N-dealkylation sites (tertiary alicyclic amines) is 1. The number of aliphatic hydroxyl groups excluding tert-OH is 1. The molecule has 94 valence electrons. The number of nitrogens with one attached hydrogen (secondary N) is 1. The van der Waals surface area contributed by atoms with Crippen LogP contribution in [-0.4, -0.2) is 61.0 Å². The van der Waals surface area contributed by atoms with Crippen molar-refractivity contribution in [1.29, 1.82) is 0 Å². The molecule has 2 saturated heterocycles. The van der Waals surface area contributed by atoms with Crippen molar-refractivity contribution < 1.29 is 9.84 Å². The van der Waals surface area contributed by atoms with Crippen molar-refractivity contribution in [1.82, 2.24) is 10.2 Å². The Kier molecular flexibility index (Phi) is 4.19. The van der Waals surface area contributed by atoms with Crippen LogP contribution in [0.25, 0.3) is 0 Å². The maximum atomic E-state index is 9.61. The van der Waals surface area contributed by atoms with Gasteiger partial charge in [-0.25, -0.2) is 0 Å². The van der Waals surface area contributed by atoms with Crippen LogP contribution in [0, 0.1) is 5.92 Å². The first kappa shape index (κ1) is 12.3. The zero-order valence-corrected chi connectivity index (χ0v) is 10.4. The molecule has 16 heavy (non-hydrogen) atoms. The van der Waals surface area contributed by atoms with Crippen molar-refractivity contribution in [3.63, 3.8) is 0 Å². The van der Waals surface area contributed by atoms with E-state index in [0.717, 1.165) is 12.5 Å². The van der Waals surface area contributed by atoms with Crippen molar-refractivity contribution in [2.24, 2.45) is 5.92 Å². The minimum absolute atomic E-state index is 0.146. The Hall–Kier alpha value is -0.160. The van der Waals surface area contributed by atoms with E-state index in [4.69, 9.17) is 4.74 Å². The number of ether oxygens (including phenoxy) is 1. The molecule has 0 aliphatic carbocycles. The maximum absolute atomic E-state index is 9.61. The van der Waals surface area contributed by atoms with Crippen molar-refractivity contribution in [2.75, 3.05) is 32.8 Å². The Morgan fingerprint density at radius 3 is 2.81 bits per heavy atom. The van der Waals surface area contributed by atoms with E-state index in [9.17, 15) is 5.11 Å². The summed E-state index contributed by atoms with van der Waals surface area (Å²) in [5, 5.41) is 13.0. The number of rotatable bonds is 4. The van der Waals surface area contributed by atoms with Crippen LogP contribution in [-0.2, 0) is 4.74 Å². The molecule has 0 amide bonds. The van der Waals surface area contributed by atoms with Gasteiger partial charge in [-0.3, -0.25) is 0 Å². The highest BCUT2D eigenvalue weighted by Crippen LogP contribution is 2.18. The molecular formula is C12H24N2O2. The zero-order valence-electron chi connectivity index (χ0n) is 10.4. The van der Waals surface area contributed by atoms with Crippen molar-refractivity contribution in [2.45, 2.75) is 38.5 Å². The summed E-state index contributed by atoms with van der Waals surface area (Å²) in [7, 11) is 0. The van der Waals surface area contributed by atoms with Crippen molar-refractivity contribution in [3.05, 3.63) is 0 Å². The zero-order chi connectivity index (χ0) is 11.5. The molecule has 2 fully saturated rings. The Bertz CT molecular complexity index is 223. The van der Waals surface area contributed by atoms with E-state index in [0.29, 0.717) is 19.3 Å². The summed E-state index contributed by atoms with van der Waals surface area (Å²) in [6, 6.07) is 0.804. The molecule has 0 bridgehead atoms. The largest absolute Gasteiger partial charge is 0.389 e. The van der Waals surface area contributed by atoms with Gasteiger partial charge in [0.15, 0.2) is 0 Å². The Labute approximate surface area is 98.0 Å². The Balaban J connectivity index is 1.67. The highest BCUT2D eigenvalue weighted by Gasteiger charge is 2.28. The molecule has 2 heterocycles. The third-order valence-electron chi connectivity index (χ3n) is 3.77. The van der Waals surface area contributed by atoms with Gasteiger partial charge in [-0.15, -0.1) is 0 Å².